The third kappa shape index (κ3) is 5.36. The fourth-order valence-electron chi connectivity index (χ4n) is 3.14. The van der Waals surface area contributed by atoms with Crippen molar-refractivity contribution in [3.63, 3.8) is 0 Å². The molecule has 0 unspecified atom stereocenters. The van der Waals surface area contributed by atoms with Crippen LogP contribution < -0.4 is 10.1 Å². The van der Waals surface area contributed by atoms with E-state index in [4.69, 9.17) is 9.47 Å². The number of nitrogens with one attached hydrogen (secondary N) is 1. The van der Waals surface area contributed by atoms with Gasteiger partial charge in [-0.25, -0.2) is 0 Å². The Bertz CT molecular complexity index is 755. The van der Waals surface area contributed by atoms with E-state index in [0.29, 0.717) is 45.4 Å². The van der Waals surface area contributed by atoms with E-state index in [-0.39, 0.29) is 11.8 Å². The Labute approximate surface area is 159 Å². The molecule has 0 aliphatic carbocycles. The molecule has 0 atom stereocenters. The summed E-state index contributed by atoms with van der Waals surface area (Å²) >= 11 is 0. The van der Waals surface area contributed by atoms with E-state index in [2.05, 4.69) is 5.32 Å². The number of benzene rings is 1. The Hall–Kier alpha value is -2.76. The Morgan fingerprint density at radius 3 is 3.04 bits per heavy atom. The zero-order chi connectivity index (χ0) is 19.1. The van der Waals surface area contributed by atoms with Crippen LogP contribution in [0.2, 0.25) is 0 Å². The van der Waals surface area contributed by atoms with Crippen LogP contribution in [0, 0.1) is 0 Å². The van der Waals surface area contributed by atoms with E-state index >= 15 is 0 Å². The number of ether oxygens (including phenoxy) is 2. The lowest BCUT2D eigenvalue weighted by molar-refractivity contribution is -0.130. The summed E-state index contributed by atoms with van der Waals surface area (Å²) in [5, 5.41) is 2.87. The number of amides is 2. The quantitative estimate of drug-likeness (QED) is 0.714. The topological polar surface area (TPSA) is 67.9 Å². The summed E-state index contributed by atoms with van der Waals surface area (Å²) in [5.41, 5.74) is 2.97. The highest BCUT2D eigenvalue weighted by Gasteiger charge is 2.18. The number of anilines is 1. The summed E-state index contributed by atoms with van der Waals surface area (Å²) in [6, 6.07) is 5.67. The molecule has 0 spiro atoms. The molecule has 2 amide bonds. The first-order chi connectivity index (χ1) is 13.1. The monoisotopic (exact) mass is 370 g/mol. The average Bonchev–Trinajstić information content (AvgIpc) is 2.69. The first-order valence-corrected chi connectivity index (χ1v) is 9.39. The van der Waals surface area contributed by atoms with Gasteiger partial charge >= 0.3 is 0 Å². The second kappa shape index (κ2) is 9.26. The number of nitrogens with zero attached hydrogens (tertiary/aromatic N) is 1. The lowest BCUT2D eigenvalue weighted by Crippen LogP contribution is -2.28. The highest BCUT2D eigenvalue weighted by atomic mass is 16.5. The van der Waals surface area contributed by atoms with Gasteiger partial charge in [-0.1, -0.05) is 12.1 Å². The minimum absolute atomic E-state index is 0.0410. The third-order valence-corrected chi connectivity index (χ3v) is 4.72. The maximum atomic E-state index is 12.3. The molecule has 0 radical (unpaired) electrons. The lowest BCUT2D eigenvalue weighted by atomic mass is 10.0. The Kier molecular flexibility index (Phi) is 6.52. The van der Waals surface area contributed by atoms with Gasteiger partial charge < -0.3 is 19.7 Å². The number of hydrogen-bond acceptors (Lipinski definition) is 4. The molecule has 1 aromatic rings. The van der Waals surface area contributed by atoms with E-state index in [1.54, 1.807) is 11.2 Å². The van der Waals surface area contributed by atoms with Gasteiger partial charge in [-0.15, -0.1) is 0 Å². The van der Waals surface area contributed by atoms with E-state index in [9.17, 15) is 9.59 Å². The number of carbonyl (C=O) groups is 2. The zero-order valence-electron chi connectivity index (χ0n) is 15.7. The molecule has 0 bridgehead atoms. The first kappa shape index (κ1) is 19.0. The highest BCUT2D eigenvalue weighted by molar-refractivity contribution is 5.94. The average molecular weight is 370 g/mol. The minimum Gasteiger partial charge on any atom is -0.497 e. The van der Waals surface area contributed by atoms with E-state index in [1.165, 1.54) is 0 Å². The van der Waals surface area contributed by atoms with Gasteiger partial charge in [0.15, 0.2) is 0 Å². The van der Waals surface area contributed by atoms with Gasteiger partial charge in [0.2, 0.25) is 11.8 Å². The van der Waals surface area contributed by atoms with Crippen molar-refractivity contribution in [2.45, 2.75) is 32.1 Å². The number of allylic oxidation sites excluding steroid dienone is 1. The van der Waals surface area contributed by atoms with Crippen LogP contribution in [0.15, 0.2) is 42.2 Å². The molecule has 0 aromatic heterocycles. The molecule has 27 heavy (non-hydrogen) atoms. The third-order valence-electron chi connectivity index (χ3n) is 4.72. The second-order valence-corrected chi connectivity index (χ2v) is 6.78. The molecule has 1 aromatic carbocycles. The molecule has 0 fully saturated rings. The Morgan fingerprint density at radius 2 is 2.22 bits per heavy atom. The largest absolute Gasteiger partial charge is 0.497 e. The smallest absolute Gasteiger partial charge is 0.224 e. The van der Waals surface area contributed by atoms with E-state index < -0.39 is 0 Å². The van der Waals surface area contributed by atoms with Gasteiger partial charge in [-0.3, -0.25) is 9.59 Å². The number of rotatable bonds is 8. The van der Waals surface area contributed by atoms with Crippen molar-refractivity contribution >= 4 is 17.5 Å². The van der Waals surface area contributed by atoms with Crippen LogP contribution in [0.1, 0.15) is 31.2 Å². The summed E-state index contributed by atoms with van der Waals surface area (Å²) in [6.45, 7) is 1.77. The molecule has 2 aliphatic heterocycles. The molecule has 6 nitrogen and oxygen atoms in total. The van der Waals surface area contributed by atoms with Crippen molar-refractivity contribution < 1.29 is 19.1 Å². The van der Waals surface area contributed by atoms with Crippen LogP contribution in [-0.4, -0.2) is 43.5 Å². The molecular weight excluding hydrogens is 344 g/mol. The first-order valence-electron chi connectivity index (χ1n) is 9.39. The number of carbonyl (C=O) groups excluding carboxylic acids is 2. The summed E-state index contributed by atoms with van der Waals surface area (Å²) in [5.74, 6) is 0.950. The summed E-state index contributed by atoms with van der Waals surface area (Å²) in [4.78, 5) is 25.5. The van der Waals surface area contributed by atoms with Gasteiger partial charge in [0.05, 0.1) is 12.9 Å². The van der Waals surface area contributed by atoms with Crippen LogP contribution >= 0.6 is 0 Å². The summed E-state index contributed by atoms with van der Waals surface area (Å²) < 4.78 is 11.1. The van der Waals surface area contributed by atoms with Crippen molar-refractivity contribution in [1.82, 2.24) is 4.90 Å². The standard InChI is InChI=1S/C21H26N2O4/c1-23(12-11-16-5-3-13-26-15-16)21(25)8-4-14-27-19-7-2-6-18-17(19)9-10-20(24)22-18/h2-3,5-7,15H,4,8-14H2,1H3,(H,22,24). The normalized spacial score (nSPS) is 15.3. The van der Waals surface area contributed by atoms with Crippen molar-refractivity contribution in [3.05, 3.63) is 47.7 Å². The predicted octanol–water partition coefficient (Wildman–Crippen LogP) is 3.05. The SMILES string of the molecule is CN(CCC1=COCC=C1)C(=O)CCCOc1cccc2c1CCC(=O)N2. The molecule has 2 heterocycles. The minimum atomic E-state index is 0.0410. The van der Waals surface area contributed by atoms with Gasteiger partial charge in [0.25, 0.3) is 0 Å². The highest BCUT2D eigenvalue weighted by Crippen LogP contribution is 2.31. The van der Waals surface area contributed by atoms with E-state index in [1.807, 2.05) is 37.4 Å². The van der Waals surface area contributed by atoms with Gasteiger partial charge in [-0.2, -0.15) is 0 Å². The van der Waals surface area contributed by atoms with Crippen molar-refractivity contribution in [2.75, 3.05) is 32.1 Å². The van der Waals surface area contributed by atoms with Crippen molar-refractivity contribution in [3.8, 4) is 5.75 Å². The van der Waals surface area contributed by atoms with Crippen molar-refractivity contribution in [2.24, 2.45) is 0 Å². The summed E-state index contributed by atoms with van der Waals surface area (Å²) in [6.07, 6.45) is 8.84. The van der Waals surface area contributed by atoms with Crippen molar-refractivity contribution in [1.29, 1.82) is 0 Å². The van der Waals surface area contributed by atoms with E-state index in [0.717, 1.165) is 29.0 Å². The maximum absolute atomic E-state index is 12.3. The molecule has 1 N–H and O–H groups in total. The van der Waals surface area contributed by atoms with Crippen LogP contribution in [0.25, 0.3) is 0 Å². The van der Waals surface area contributed by atoms with Gasteiger partial charge in [-0.05, 0) is 43.0 Å². The lowest BCUT2D eigenvalue weighted by Gasteiger charge is -2.20. The summed E-state index contributed by atoms with van der Waals surface area (Å²) in [7, 11) is 1.83. The fourth-order valence-corrected chi connectivity index (χ4v) is 3.14. The number of hydrogen-bond donors (Lipinski definition) is 1. The molecular formula is C21H26N2O4. The number of fused-ring (bicyclic) bond motifs is 1. The molecule has 2 aliphatic rings. The molecule has 0 saturated carbocycles. The molecule has 144 valence electrons. The molecule has 0 saturated heterocycles. The van der Waals surface area contributed by atoms with Gasteiger partial charge in [0.1, 0.15) is 12.4 Å². The van der Waals surface area contributed by atoms with Crippen LogP contribution in [-0.2, 0) is 20.7 Å². The Morgan fingerprint density at radius 1 is 1.33 bits per heavy atom. The van der Waals surface area contributed by atoms with Crippen LogP contribution in [0.4, 0.5) is 5.69 Å². The molecule has 3 rings (SSSR count). The zero-order valence-corrected chi connectivity index (χ0v) is 15.7. The van der Waals surface area contributed by atoms with Gasteiger partial charge in [0, 0.05) is 37.7 Å². The second-order valence-electron chi connectivity index (χ2n) is 6.78. The predicted molar refractivity (Wildman–Crippen MR) is 104 cm³/mol. The van der Waals surface area contributed by atoms with Crippen LogP contribution in [0.3, 0.4) is 0 Å². The molecule has 6 heteroatoms. The maximum Gasteiger partial charge on any atom is 0.224 e. The Balaban J connectivity index is 1.39. The van der Waals surface area contributed by atoms with Crippen LogP contribution in [0.5, 0.6) is 5.75 Å². The fraction of sp³-hybridized carbons (Fsp3) is 0.429.